The van der Waals surface area contributed by atoms with Crippen LogP contribution in [0, 0.1) is 11.8 Å². The normalized spacial score (nSPS) is 11.3. The average molecular weight is 247 g/mol. The van der Waals surface area contributed by atoms with Gasteiger partial charge in [0, 0.05) is 25.1 Å². The van der Waals surface area contributed by atoms with Crippen LogP contribution in [0.25, 0.3) is 0 Å². The highest BCUT2D eigenvalue weighted by atomic mass is 19.1. The minimum absolute atomic E-state index is 0.123. The Hall–Kier alpha value is -1.82. The minimum atomic E-state index is -0.524. The van der Waals surface area contributed by atoms with Crippen molar-refractivity contribution < 1.29 is 9.18 Å². The van der Waals surface area contributed by atoms with Gasteiger partial charge in [-0.05, 0) is 31.5 Å². The number of halogens is 1. The average Bonchev–Trinajstić information content (AvgIpc) is 2.38. The molecule has 2 nitrogen and oxygen atoms in total. The van der Waals surface area contributed by atoms with Crippen LogP contribution in [0.1, 0.15) is 35.7 Å². The number of carbonyl (C=O) groups is 1. The van der Waals surface area contributed by atoms with E-state index in [1.54, 1.807) is 26.1 Å². The topological polar surface area (TPSA) is 20.3 Å². The molecular weight excluding hydrogens is 229 g/mol. The number of carbonyl (C=O) groups excluding carboxylic acids is 1. The SMILES string of the molecule is CC#CC(C)c1ccc(C(=O)N(C)CCF)cc1. The van der Waals surface area contributed by atoms with Crippen molar-refractivity contribution in [2.45, 2.75) is 19.8 Å². The Balaban J connectivity index is 2.81. The maximum atomic E-state index is 12.2. The monoisotopic (exact) mass is 247 g/mol. The molecule has 1 unspecified atom stereocenters. The summed E-state index contributed by atoms with van der Waals surface area (Å²) in [6.07, 6.45) is 0. The third-order valence-corrected chi connectivity index (χ3v) is 2.79. The molecule has 1 aromatic carbocycles. The van der Waals surface area contributed by atoms with Crippen LogP contribution in [-0.2, 0) is 0 Å². The molecule has 0 fully saturated rings. The lowest BCUT2D eigenvalue weighted by atomic mass is 10.00. The van der Waals surface area contributed by atoms with E-state index >= 15 is 0 Å². The van der Waals surface area contributed by atoms with Crippen molar-refractivity contribution in [3.05, 3.63) is 35.4 Å². The highest BCUT2D eigenvalue weighted by Crippen LogP contribution is 2.15. The van der Waals surface area contributed by atoms with Gasteiger partial charge in [0.05, 0.1) is 0 Å². The van der Waals surface area contributed by atoms with Gasteiger partial charge < -0.3 is 4.90 Å². The van der Waals surface area contributed by atoms with Crippen LogP contribution in [0.4, 0.5) is 4.39 Å². The van der Waals surface area contributed by atoms with E-state index in [-0.39, 0.29) is 18.4 Å². The predicted molar refractivity (Wildman–Crippen MR) is 71.2 cm³/mol. The Morgan fingerprint density at radius 3 is 2.50 bits per heavy atom. The summed E-state index contributed by atoms with van der Waals surface area (Å²) in [4.78, 5) is 13.3. The second-order valence-corrected chi connectivity index (χ2v) is 4.15. The van der Waals surface area contributed by atoms with Gasteiger partial charge in [-0.3, -0.25) is 4.79 Å². The Morgan fingerprint density at radius 2 is 2.00 bits per heavy atom. The van der Waals surface area contributed by atoms with E-state index in [0.717, 1.165) is 5.56 Å². The molecule has 0 saturated carbocycles. The van der Waals surface area contributed by atoms with Gasteiger partial charge in [-0.25, -0.2) is 4.39 Å². The van der Waals surface area contributed by atoms with Gasteiger partial charge in [-0.1, -0.05) is 18.1 Å². The summed E-state index contributed by atoms with van der Waals surface area (Å²) in [5, 5.41) is 0. The third kappa shape index (κ3) is 3.59. The van der Waals surface area contributed by atoms with Gasteiger partial charge in [0.15, 0.2) is 0 Å². The largest absolute Gasteiger partial charge is 0.339 e. The molecule has 1 amide bonds. The zero-order valence-electron chi connectivity index (χ0n) is 11.0. The van der Waals surface area contributed by atoms with E-state index in [0.29, 0.717) is 5.56 Å². The van der Waals surface area contributed by atoms with Crippen molar-refractivity contribution in [2.75, 3.05) is 20.3 Å². The summed E-state index contributed by atoms with van der Waals surface area (Å²) in [6.45, 7) is 3.42. The van der Waals surface area contributed by atoms with Gasteiger partial charge in [-0.2, -0.15) is 0 Å². The van der Waals surface area contributed by atoms with E-state index in [1.165, 1.54) is 4.90 Å². The molecule has 1 atom stereocenters. The van der Waals surface area contributed by atoms with E-state index in [2.05, 4.69) is 11.8 Å². The van der Waals surface area contributed by atoms with E-state index in [4.69, 9.17) is 0 Å². The van der Waals surface area contributed by atoms with Gasteiger partial charge in [0.25, 0.3) is 5.91 Å². The first-order valence-corrected chi connectivity index (χ1v) is 5.93. The van der Waals surface area contributed by atoms with Gasteiger partial charge >= 0.3 is 0 Å². The van der Waals surface area contributed by atoms with Crippen LogP contribution < -0.4 is 0 Å². The number of nitrogens with zero attached hydrogens (tertiary/aromatic N) is 1. The first-order valence-electron chi connectivity index (χ1n) is 5.93. The zero-order valence-corrected chi connectivity index (χ0v) is 11.0. The molecule has 1 aromatic rings. The lowest BCUT2D eigenvalue weighted by Gasteiger charge is -2.15. The summed E-state index contributed by atoms with van der Waals surface area (Å²) in [6, 6.07) is 7.32. The molecule has 0 heterocycles. The predicted octanol–water partition coefficient (Wildman–Crippen LogP) is 2.85. The second kappa shape index (κ2) is 6.80. The number of rotatable bonds is 4. The van der Waals surface area contributed by atoms with Crippen LogP contribution in [0.2, 0.25) is 0 Å². The van der Waals surface area contributed by atoms with Crippen molar-refractivity contribution >= 4 is 5.91 Å². The quantitative estimate of drug-likeness (QED) is 0.749. The van der Waals surface area contributed by atoms with Crippen molar-refractivity contribution in [1.82, 2.24) is 4.90 Å². The first kappa shape index (κ1) is 14.2. The molecule has 1 rings (SSSR count). The smallest absolute Gasteiger partial charge is 0.253 e. The van der Waals surface area contributed by atoms with Gasteiger partial charge in [0.1, 0.15) is 6.67 Å². The number of benzene rings is 1. The second-order valence-electron chi connectivity index (χ2n) is 4.15. The van der Waals surface area contributed by atoms with Crippen LogP contribution in [0.15, 0.2) is 24.3 Å². The highest BCUT2D eigenvalue weighted by Gasteiger charge is 2.11. The fourth-order valence-electron chi connectivity index (χ4n) is 1.66. The number of hydrogen-bond acceptors (Lipinski definition) is 1. The Kier molecular flexibility index (Phi) is 5.38. The molecule has 96 valence electrons. The minimum Gasteiger partial charge on any atom is -0.339 e. The molecule has 3 heteroatoms. The van der Waals surface area contributed by atoms with Crippen molar-refractivity contribution in [2.24, 2.45) is 0 Å². The number of amides is 1. The van der Waals surface area contributed by atoms with Crippen molar-refractivity contribution in [3.8, 4) is 11.8 Å². The van der Waals surface area contributed by atoms with E-state index in [1.807, 2.05) is 19.1 Å². The Labute approximate surface area is 108 Å². The standard InChI is InChI=1S/C15H18FNO/c1-4-5-12(2)13-6-8-14(9-7-13)15(18)17(3)11-10-16/h6-9,12H,10-11H2,1-3H3. The van der Waals surface area contributed by atoms with E-state index < -0.39 is 6.67 Å². The molecular formula is C15H18FNO. The van der Waals surface area contributed by atoms with Crippen LogP contribution in [-0.4, -0.2) is 31.1 Å². The van der Waals surface area contributed by atoms with Crippen LogP contribution >= 0.6 is 0 Å². The molecule has 0 aliphatic rings. The first-order chi connectivity index (χ1) is 8.60. The fraction of sp³-hybridized carbons (Fsp3) is 0.400. The van der Waals surface area contributed by atoms with Crippen molar-refractivity contribution in [3.63, 3.8) is 0 Å². The molecule has 0 bridgehead atoms. The molecule has 0 N–H and O–H groups in total. The Bertz CT molecular complexity index is 456. The Morgan fingerprint density at radius 1 is 1.39 bits per heavy atom. The maximum Gasteiger partial charge on any atom is 0.253 e. The van der Waals surface area contributed by atoms with Crippen LogP contribution in [0.5, 0.6) is 0 Å². The lowest BCUT2D eigenvalue weighted by Crippen LogP contribution is -2.28. The summed E-state index contributed by atoms with van der Waals surface area (Å²) in [5.41, 5.74) is 1.65. The summed E-state index contributed by atoms with van der Waals surface area (Å²) in [7, 11) is 1.60. The molecule has 0 aromatic heterocycles. The van der Waals surface area contributed by atoms with Crippen LogP contribution in [0.3, 0.4) is 0 Å². The molecule has 0 saturated heterocycles. The highest BCUT2D eigenvalue weighted by molar-refractivity contribution is 5.94. The summed E-state index contributed by atoms with van der Waals surface area (Å²) >= 11 is 0. The van der Waals surface area contributed by atoms with Gasteiger partial charge in [-0.15, -0.1) is 5.92 Å². The molecule has 0 aliphatic carbocycles. The number of alkyl halides is 1. The number of hydrogen-bond donors (Lipinski definition) is 0. The van der Waals surface area contributed by atoms with E-state index in [9.17, 15) is 9.18 Å². The van der Waals surface area contributed by atoms with Crippen molar-refractivity contribution in [1.29, 1.82) is 0 Å². The summed E-state index contributed by atoms with van der Waals surface area (Å²) < 4.78 is 12.2. The third-order valence-electron chi connectivity index (χ3n) is 2.79. The molecule has 0 spiro atoms. The fourth-order valence-corrected chi connectivity index (χ4v) is 1.66. The lowest BCUT2D eigenvalue weighted by molar-refractivity contribution is 0.0786. The zero-order chi connectivity index (χ0) is 13.5. The van der Waals surface area contributed by atoms with Gasteiger partial charge in [0.2, 0.25) is 0 Å². The summed E-state index contributed by atoms with van der Waals surface area (Å²) in [5.74, 6) is 5.93. The maximum absolute atomic E-state index is 12.2. The molecule has 0 aliphatic heterocycles. The molecule has 0 radical (unpaired) electrons. The molecule has 18 heavy (non-hydrogen) atoms.